The Morgan fingerprint density at radius 2 is 1.83 bits per heavy atom. The van der Waals surface area contributed by atoms with Crippen LogP contribution in [-0.4, -0.2) is 7.11 Å². The molecular formula is C14H12BrClO2. The first-order chi connectivity index (χ1) is 8.70. The van der Waals surface area contributed by atoms with E-state index in [1.165, 1.54) is 0 Å². The van der Waals surface area contributed by atoms with Crippen molar-refractivity contribution in [3.05, 3.63) is 57.5 Å². The molecule has 0 aromatic heterocycles. The van der Waals surface area contributed by atoms with Crippen LogP contribution in [0, 0.1) is 0 Å². The molecule has 2 rings (SSSR count). The lowest BCUT2D eigenvalue weighted by Gasteiger charge is -2.11. The number of methoxy groups -OCH3 is 1. The lowest BCUT2D eigenvalue weighted by Crippen LogP contribution is -1.96. The quantitative estimate of drug-likeness (QED) is 0.811. The molecule has 2 nitrogen and oxygen atoms in total. The second-order valence-corrected chi connectivity index (χ2v) is 4.95. The topological polar surface area (TPSA) is 18.5 Å². The molecule has 0 aliphatic carbocycles. The molecule has 0 saturated carbocycles. The minimum atomic E-state index is 0.478. The molecule has 0 aliphatic rings. The van der Waals surface area contributed by atoms with Gasteiger partial charge in [0.15, 0.2) is 0 Å². The number of hydrogen-bond acceptors (Lipinski definition) is 2. The number of hydrogen-bond donors (Lipinski definition) is 0. The lowest BCUT2D eigenvalue weighted by atomic mass is 10.2. The zero-order valence-electron chi connectivity index (χ0n) is 9.82. The van der Waals surface area contributed by atoms with Crippen molar-refractivity contribution in [2.24, 2.45) is 0 Å². The third-order valence-corrected chi connectivity index (χ3v) is 3.36. The van der Waals surface area contributed by atoms with Crippen LogP contribution < -0.4 is 9.47 Å². The highest BCUT2D eigenvalue weighted by atomic mass is 79.9. The maximum absolute atomic E-state index is 6.11. The Balaban J connectivity index is 2.14. The highest BCUT2D eigenvalue weighted by molar-refractivity contribution is 9.10. The zero-order valence-corrected chi connectivity index (χ0v) is 12.2. The molecule has 0 heterocycles. The molecule has 0 aliphatic heterocycles. The summed E-state index contributed by atoms with van der Waals surface area (Å²) in [5, 5.41) is 0.554. The van der Waals surface area contributed by atoms with E-state index in [0.29, 0.717) is 23.1 Å². The molecule has 0 bridgehead atoms. The van der Waals surface area contributed by atoms with Crippen molar-refractivity contribution in [3.63, 3.8) is 0 Å². The van der Waals surface area contributed by atoms with Crippen LogP contribution in [0.15, 0.2) is 46.9 Å². The Hall–Kier alpha value is -1.19. The van der Waals surface area contributed by atoms with Gasteiger partial charge in [-0.05, 0) is 27.6 Å². The van der Waals surface area contributed by atoms with E-state index in [-0.39, 0.29) is 0 Å². The summed E-state index contributed by atoms with van der Waals surface area (Å²) in [6.07, 6.45) is 0. The number of halogens is 2. The van der Waals surface area contributed by atoms with Crippen molar-refractivity contribution in [2.45, 2.75) is 6.61 Å². The summed E-state index contributed by atoms with van der Waals surface area (Å²) in [5.74, 6) is 1.31. The van der Waals surface area contributed by atoms with Gasteiger partial charge in [0.25, 0.3) is 0 Å². The summed E-state index contributed by atoms with van der Waals surface area (Å²) in [4.78, 5) is 0. The molecule has 0 atom stereocenters. The van der Waals surface area contributed by atoms with Gasteiger partial charge in [-0.15, -0.1) is 0 Å². The van der Waals surface area contributed by atoms with Crippen LogP contribution in [-0.2, 0) is 6.61 Å². The normalized spacial score (nSPS) is 10.2. The second kappa shape index (κ2) is 6.12. The first kappa shape index (κ1) is 13.2. The Morgan fingerprint density at radius 3 is 2.50 bits per heavy atom. The molecule has 0 spiro atoms. The van der Waals surface area contributed by atoms with Gasteiger partial charge in [0, 0.05) is 6.07 Å². The van der Waals surface area contributed by atoms with Crippen LogP contribution in [0.2, 0.25) is 5.02 Å². The van der Waals surface area contributed by atoms with Gasteiger partial charge in [-0.1, -0.05) is 41.9 Å². The molecule has 0 radical (unpaired) electrons. The summed E-state index contributed by atoms with van der Waals surface area (Å²) in [6.45, 7) is 0.478. The van der Waals surface area contributed by atoms with Crippen molar-refractivity contribution >= 4 is 27.5 Å². The molecule has 2 aromatic carbocycles. The second-order valence-electron chi connectivity index (χ2n) is 3.69. The summed E-state index contributed by atoms with van der Waals surface area (Å²) in [7, 11) is 1.61. The van der Waals surface area contributed by atoms with E-state index in [1.54, 1.807) is 19.2 Å². The monoisotopic (exact) mass is 326 g/mol. The van der Waals surface area contributed by atoms with Gasteiger partial charge in [-0.2, -0.15) is 0 Å². The maximum Gasteiger partial charge on any atom is 0.142 e. The fraction of sp³-hybridized carbons (Fsp3) is 0.143. The molecule has 0 unspecified atom stereocenters. The molecule has 0 amide bonds. The van der Waals surface area contributed by atoms with Crippen LogP contribution in [0.5, 0.6) is 11.5 Å². The van der Waals surface area contributed by atoms with Gasteiger partial charge in [-0.3, -0.25) is 0 Å². The lowest BCUT2D eigenvalue weighted by molar-refractivity contribution is 0.303. The summed E-state index contributed by atoms with van der Waals surface area (Å²) in [6, 6.07) is 13.5. The minimum absolute atomic E-state index is 0.478. The van der Waals surface area contributed by atoms with Gasteiger partial charge in [-0.25, -0.2) is 0 Å². The van der Waals surface area contributed by atoms with Gasteiger partial charge in [0.1, 0.15) is 18.1 Å². The van der Waals surface area contributed by atoms with Gasteiger partial charge in [0.2, 0.25) is 0 Å². The third-order valence-electron chi connectivity index (χ3n) is 2.44. The first-order valence-corrected chi connectivity index (χ1v) is 6.57. The van der Waals surface area contributed by atoms with Crippen molar-refractivity contribution in [1.82, 2.24) is 0 Å². The number of ether oxygens (including phenoxy) is 2. The fourth-order valence-electron chi connectivity index (χ4n) is 1.51. The third kappa shape index (κ3) is 3.18. The standard InChI is InChI=1S/C14H12BrClO2/c1-17-13-8-14(12(16)7-11(13)15)18-9-10-5-3-2-4-6-10/h2-8H,9H2,1H3. The van der Waals surface area contributed by atoms with Gasteiger partial charge < -0.3 is 9.47 Å². The first-order valence-electron chi connectivity index (χ1n) is 5.40. The van der Waals surface area contributed by atoms with Crippen LogP contribution in [0.4, 0.5) is 0 Å². The van der Waals surface area contributed by atoms with Gasteiger partial charge >= 0.3 is 0 Å². The van der Waals surface area contributed by atoms with Crippen LogP contribution in [0.1, 0.15) is 5.56 Å². The Labute approximate surface area is 120 Å². The van der Waals surface area contributed by atoms with E-state index in [0.717, 1.165) is 10.0 Å². The SMILES string of the molecule is COc1cc(OCc2ccccc2)c(Cl)cc1Br. The van der Waals surface area contributed by atoms with E-state index in [9.17, 15) is 0 Å². The molecule has 0 N–H and O–H groups in total. The van der Waals surface area contributed by atoms with E-state index in [4.69, 9.17) is 21.1 Å². The Bertz CT molecular complexity index is 529. The molecule has 4 heteroatoms. The predicted molar refractivity (Wildman–Crippen MR) is 76.5 cm³/mol. The highest BCUT2D eigenvalue weighted by Gasteiger charge is 2.08. The van der Waals surface area contributed by atoms with Crippen molar-refractivity contribution in [1.29, 1.82) is 0 Å². The Kier molecular flexibility index (Phi) is 4.50. The van der Waals surface area contributed by atoms with Crippen LogP contribution in [0.3, 0.4) is 0 Å². The minimum Gasteiger partial charge on any atom is -0.495 e. The number of benzene rings is 2. The summed E-state index contributed by atoms with van der Waals surface area (Å²) >= 11 is 9.49. The molecule has 0 fully saturated rings. The van der Waals surface area contributed by atoms with Crippen molar-refractivity contribution in [2.75, 3.05) is 7.11 Å². The maximum atomic E-state index is 6.11. The summed E-state index contributed by atoms with van der Waals surface area (Å²) < 4.78 is 11.7. The molecule has 0 saturated heterocycles. The number of rotatable bonds is 4. The molecular weight excluding hydrogens is 316 g/mol. The molecule has 2 aromatic rings. The van der Waals surface area contributed by atoms with E-state index in [1.807, 2.05) is 30.3 Å². The zero-order chi connectivity index (χ0) is 13.0. The smallest absolute Gasteiger partial charge is 0.142 e. The predicted octanol–water partition coefficient (Wildman–Crippen LogP) is 4.69. The largest absolute Gasteiger partial charge is 0.495 e. The molecule has 94 valence electrons. The van der Waals surface area contributed by atoms with Crippen molar-refractivity contribution in [3.8, 4) is 11.5 Å². The average molecular weight is 328 g/mol. The average Bonchev–Trinajstić information content (AvgIpc) is 2.39. The van der Waals surface area contributed by atoms with Crippen molar-refractivity contribution < 1.29 is 9.47 Å². The van der Waals surface area contributed by atoms with E-state index < -0.39 is 0 Å². The van der Waals surface area contributed by atoms with Gasteiger partial charge in [0.05, 0.1) is 16.6 Å². The fourth-order valence-corrected chi connectivity index (χ4v) is 2.37. The van der Waals surface area contributed by atoms with E-state index in [2.05, 4.69) is 15.9 Å². The summed E-state index contributed by atoms with van der Waals surface area (Å²) in [5.41, 5.74) is 1.09. The molecule has 18 heavy (non-hydrogen) atoms. The Morgan fingerprint density at radius 1 is 1.11 bits per heavy atom. The highest BCUT2D eigenvalue weighted by Crippen LogP contribution is 2.36. The van der Waals surface area contributed by atoms with Crippen LogP contribution >= 0.6 is 27.5 Å². The van der Waals surface area contributed by atoms with E-state index >= 15 is 0 Å². The van der Waals surface area contributed by atoms with Crippen LogP contribution in [0.25, 0.3) is 0 Å².